The van der Waals surface area contributed by atoms with Crippen LogP contribution in [-0.4, -0.2) is 55.6 Å². The predicted molar refractivity (Wildman–Crippen MR) is 124 cm³/mol. The van der Waals surface area contributed by atoms with E-state index in [-0.39, 0.29) is 18.1 Å². The zero-order valence-electron chi connectivity index (χ0n) is 19.7. The largest absolute Gasteiger partial charge is 0.493 e. The van der Waals surface area contributed by atoms with E-state index in [1.54, 1.807) is 18.9 Å². The van der Waals surface area contributed by atoms with E-state index in [1.807, 2.05) is 43.3 Å². The maximum Gasteiger partial charge on any atom is 0.409 e. The minimum absolute atomic E-state index is 0.00218. The third kappa shape index (κ3) is 5.18. The van der Waals surface area contributed by atoms with Gasteiger partial charge in [-0.2, -0.15) is 0 Å². The average molecular weight is 442 g/mol. The van der Waals surface area contributed by atoms with E-state index in [1.165, 1.54) is 12.7 Å². The summed E-state index contributed by atoms with van der Waals surface area (Å²) in [5.74, 6) is 1.28. The van der Waals surface area contributed by atoms with E-state index >= 15 is 0 Å². The molecule has 0 saturated carbocycles. The summed E-state index contributed by atoms with van der Waals surface area (Å²) < 4.78 is 16.8. The molecule has 1 amide bonds. The molecule has 0 aliphatic carbocycles. The number of aliphatic hydroxyl groups excluding tert-OH is 1. The molecule has 6 nitrogen and oxygen atoms in total. The lowest BCUT2D eigenvalue weighted by Crippen LogP contribution is -2.38. The number of carbonyl (C=O) groups excluding carboxylic acids is 1. The van der Waals surface area contributed by atoms with Crippen molar-refractivity contribution in [1.29, 1.82) is 0 Å². The van der Waals surface area contributed by atoms with Crippen molar-refractivity contribution >= 4 is 6.09 Å². The Balaban J connectivity index is 1.80. The van der Waals surface area contributed by atoms with Crippen LogP contribution in [0.25, 0.3) is 0 Å². The quantitative estimate of drug-likeness (QED) is 0.646. The highest BCUT2D eigenvalue weighted by molar-refractivity contribution is 5.68. The number of likely N-dealkylation sites (tertiary alicyclic amines) is 1. The first-order valence-electron chi connectivity index (χ1n) is 11.2. The van der Waals surface area contributed by atoms with E-state index in [0.717, 1.165) is 18.4 Å². The number of benzene rings is 2. The van der Waals surface area contributed by atoms with E-state index in [9.17, 15) is 9.90 Å². The standard InChI is InChI=1S/C26H35NO5/c1-18(11-12-20-9-7-6-8-10-20)32-24-15-21(13-14-23(24)30-4)22-16-27(25(29)31-5)17-26(22,3)19(2)28/h6-10,13-15,18-19,22,28H,11-12,16-17H2,1-5H3/t18?,19-,22+,26+/m0/s1. The predicted octanol–water partition coefficient (Wildman–Crippen LogP) is 4.65. The molecular weight excluding hydrogens is 406 g/mol. The topological polar surface area (TPSA) is 68.2 Å². The number of rotatable bonds is 8. The Hall–Kier alpha value is -2.73. The van der Waals surface area contributed by atoms with Crippen LogP contribution in [0, 0.1) is 5.41 Å². The summed E-state index contributed by atoms with van der Waals surface area (Å²) in [6.45, 7) is 6.75. The molecule has 0 radical (unpaired) electrons. The molecule has 1 heterocycles. The molecule has 1 aliphatic heterocycles. The molecular formula is C26H35NO5. The fraction of sp³-hybridized carbons (Fsp3) is 0.500. The van der Waals surface area contributed by atoms with Crippen LogP contribution in [0.3, 0.4) is 0 Å². The Kier molecular flexibility index (Phi) is 7.67. The van der Waals surface area contributed by atoms with E-state index in [4.69, 9.17) is 14.2 Å². The van der Waals surface area contributed by atoms with Crippen molar-refractivity contribution < 1.29 is 24.1 Å². The molecule has 1 aliphatic rings. The molecule has 3 rings (SSSR count). The maximum absolute atomic E-state index is 12.2. The van der Waals surface area contributed by atoms with Gasteiger partial charge in [-0.1, -0.05) is 43.3 Å². The molecule has 1 saturated heterocycles. The van der Waals surface area contributed by atoms with Gasteiger partial charge in [-0.05, 0) is 49.9 Å². The fourth-order valence-electron chi connectivity index (χ4n) is 4.48. The van der Waals surface area contributed by atoms with Gasteiger partial charge in [0.1, 0.15) is 0 Å². The first-order chi connectivity index (χ1) is 15.3. The Morgan fingerprint density at radius 1 is 1.16 bits per heavy atom. The van der Waals surface area contributed by atoms with E-state index < -0.39 is 11.5 Å². The normalized spacial score (nSPS) is 22.3. The maximum atomic E-state index is 12.2. The Morgan fingerprint density at radius 2 is 1.88 bits per heavy atom. The minimum atomic E-state index is -0.599. The van der Waals surface area contributed by atoms with Crippen molar-refractivity contribution in [2.75, 3.05) is 27.3 Å². The molecule has 1 fully saturated rings. The van der Waals surface area contributed by atoms with Crippen molar-refractivity contribution in [2.24, 2.45) is 5.41 Å². The van der Waals surface area contributed by atoms with Crippen LogP contribution >= 0.6 is 0 Å². The fourth-order valence-corrected chi connectivity index (χ4v) is 4.48. The second kappa shape index (κ2) is 10.3. The van der Waals surface area contributed by atoms with Crippen LogP contribution in [-0.2, 0) is 11.2 Å². The molecule has 4 atom stereocenters. The Morgan fingerprint density at radius 3 is 2.50 bits per heavy atom. The van der Waals surface area contributed by atoms with Crippen LogP contribution in [0.1, 0.15) is 44.2 Å². The van der Waals surface area contributed by atoms with Crippen molar-refractivity contribution in [1.82, 2.24) is 4.90 Å². The third-order valence-corrected chi connectivity index (χ3v) is 6.72. The number of amides is 1. The monoisotopic (exact) mass is 441 g/mol. The number of methoxy groups -OCH3 is 2. The highest BCUT2D eigenvalue weighted by atomic mass is 16.5. The van der Waals surface area contributed by atoms with E-state index in [0.29, 0.717) is 24.6 Å². The summed E-state index contributed by atoms with van der Waals surface area (Å²) in [4.78, 5) is 13.8. The van der Waals surface area contributed by atoms with Gasteiger partial charge in [0.05, 0.1) is 26.4 Å². The third-order valence-electron chi connectivity index (χ3n) is 6.72. The number of ether oxygens (including phenoxy) is 3. The molecule has 32 heavy (non-hydrogen) atoms. The summed E-state index contributed by atoms with van der Waals surface area (Å²) >= 11 is 0. The molecule has 174 valence electrons. The summed E-state index contributed by atoms with van der Waals surface area (Å²) in [6.07, 6.45) is 0.832. The van der Waals surface area contributed by atoms with Crippen LogP contribution in [0.15, 0.2) is 48.5 Å². The molecule has 0 aromatic heterocycles. The summed E-state index contributed by atoms with van der Waals surface area (Å²) in [5, 5.41) is 10.6. The number of carbonyl (C=O) groups is 1. The van der Waals surface area contributed by atoms with Crippen molar-refractivity contribution in [3.8, 4) is 11.5 Å². The lowest BCUT2D eigenvalue weighted by atomic mass is 9.72. The van der Waals surface area contributed by atoms with Gasteiger partial charge in [0.2, 0.25) is 0 Å². The lowest BCUT2D eigenvalue weighted by Gasteiger charge is -2.33. The highest BCUT2D eigenvalue weighted by Gasteiger charge is 2.48. The van der Waals surface area contributed by atoms with Gasteiger partial charge in [0, 0.05) is 24.4 Å². The highest BCUT2D eigenvalue weighted by Crippen LogP contribution is 2.47. The molecule has 2 aromatic rings. The molecule has 1 N–H and O–H groups in total. The second-order valence-corrected chi connectivity index (χ2v) is 8.95. The van der Waals surface area contributed by atoms with Crippen molar-refractivity contribution in [3.05, 3.63) is 59.7 Å². The molecule has 2 aromatic carbocycles. The van der Waals surface area contributed by atoms with Gasteiger partial charge in [-0.3, -0.25) is 0 Å². The first-order valence-corrected chi connectivity index (χ1v) is 11.2. The van der Waals surface area contributed by atoms with Crippen LogP contribution in [0.5, 0.6) is 11.5 Å². The summed E-state index contributed by atoms with van der Waals surface area (Å²) in [6, 6.07) is 16.2. The Bertz CT molecular complexity index is 900. The van der Waals surface area contributed by atoms with Gasteiger partial charge in [-0.15, -0.1) is 0 Å². The summed E-state index contributed by atoms with van der Waals surface area (Å²) in [7, 11) is 3.01. The van der Waals surface area contributed by atoms with Gasteiger partial charge < -0.3 is 24.2 Å². The second-order valence-electron chi connectivity index (χ2n) is 8.95. The number of aryl methyl sites for hydroxylation is 1. The lowest BCUT2D eigenvalue weighted by molar-refractivity contribution is 0.0470. The zero-order chi connectivity index (χ0) is 23.3. The number of nitrogens with zero attached hydrogens (tertiary/aromatic N) is 1. The molecule has 0 spiro atoms. The molecule has 1 unspecified atom stereocenters. The average Bonchev–Trinajstić information content (AvgIpc) is 3.17. The van der Waals surface area contributed by atoms with E-state index in [2.05, 4.69) is 19.1 Å². The molecule has 0 bridgehead atoms. The van der Waals surface area contributed by atoms with Crippen LogP contribution < -0.4 is 9.47 Å². The summed E-state index contributed by atoms with van der Waals surface area (Å²) in [5.41, 5.74) is 1.79. The minimum Gasteiger partial charge on any atom is -0.493 e. The van der Waals surface area contributed by atoms with Gasteiger partial charge in [0.15, 0.2) is 11.5 Å². The molecule has 6 heteroatoms. The van der Waals surface area contributed by atoms with Crippen molar-refractivity contribution in [3.63, 3.8) is 0 Å². The van der Waals surface area contributed by atoms with Gasteiger partial charge in [0.25, 0.3) is 0 Å². The smallest absolute Gasteiger partial charge is 0.409 e. The van der Waals surface area contributed by atoms with Gasteiger partial charge >= 0.3 is 6.09 Å². The number of hydrogen-bond donors (Lipinski definition) is 1. The number of hydrogen-bond acceptors (Lipinski definition) is 5. The van der Waals surface area contributed by atoms with Crippen molar-refractivity contribution in [2.45, 2.75) is 51.7 Å². The first kappa shape index (κ1) is 23.9. The SMILES string of the molecule is COC(=O)N1C[C@H](c2ccc(OC)c(OC(C)CCc3ccccc3)c2)[C@@](C)([C@H](C)O)C1. The van der Waals surface area contributed by atoms with Crippen LogP contribution in [0.2, 0.25) is 0 Å². The number of aliphatic hydroxyl groups is 1. The Labute approximate surface area is 191 Å². The van der Waals surface area contributed by atoms with Crippen LogP contribution in [0.4, 0.5) is 4.79 Å². The zero-order valence-corrected chi connectivity index (χ0v) is 19.7. The van der Waals surface area contributed by atoms with Gasteiger partial charge in [-0.25, -0.2) is 4.79 Å².